The molecule has 9 heteroatoms. The van der Waals surface area contributed by atoms with E-state index in [-0.39, 0.29) is 11.5 Å². The SMILES string of the molecule is Nc1ncc(-c2cnn(C3CCN(CCC4CCNCC4)CC3)c2)nc1C(=O)O. The zero-order valence-corrected chi connectivity index (χ0v) is 16.6. The molecule has 0 spiro atoms. The van der Waals surface area contributed by atoms with E-state index in [1.165, 1.54) is 45.1 Å². The van der Waals surface area contributed by atoms with Crippen LogP contribution >= 0.6 is 0 Å². The molecule has 4 heterocycles. The number of nitrogen functional groups attached to an aromatic ring is 1. The van der Waals surface area contributed by atoms with Gasteiger partial charge in [-0.05, 0) is 57.7 Å². The predicted octanol–water partition coefficient (Wildman–Crippen LogP) is 1.65. The molecule has 29 heavy (non-hydrogen) atoms. The van der Waals surface area contributed by atoms with Gasteiger partial charge >= 0.3 is 5.97 Å². The molecule has 2 aromatic heterocycles. The molecule has 2 aliphatic heterocycles. The molecule has 9 nitrogen and oxygen atoms in total. The minimum absolute atomic E-state index is 0.0782. The van der Waals surface area contributed by atoms with Crippen molar-refractivity contribution < 1.29 is 9.90 Å². The second-order valence-electron chi connectivity index (χ2n) is 8.06. The standard InChI is InChI=1S/C20H29N7O2/c21-19-18(20(28)29)25-17(12-23-19)15-11-24-27(13-15)16-4-9-26(10-5-16)8-3-14-1-6-22-7-2-14/h11-14,16,22H,1-10H2,(H2,21,23)(H,28,29). The molecular formula is C20H29N7O2. The Balaban J connectivity index is 1.32. The molecule has 0 radical (unpaired) electrons. The molecular weight excluding hydrogens is 370 g/mol. The smallest absolute Gasteiger partial charge is 0.358 e. The van der Waals surface area contributed by atoms with Gasteiger partial charge in [-0.15, -0.1) is 0 Å². The van der Waals surface area contributed by atoms with Crippen molar-refractivity contribution >= 4 is 11.8 Å². The molecule has 0 aromatic carbocycles. The Morgan fingerprint density at radius 3 is 2.69 bits per heavy atom. The van der Waals surface area contributed by atoms with Crippen LogP contribution in [-0.2, 0) is 0 Å². The van der Waals surface area contributed by atoms with E-state index >= 15 is 0 Å². The first kappa shape index (κ1) is 19.8. The summed E-state index contributed by atoms with van der Waals surface area (Å²) < 4.78 is 1.98. The summed E-state index contributed by atoms with van der Waals surface area (Å²) in [6.45, 7) is 5.72. The molecule has 2 aliphatic rings. The van der Waals surface area contributed by atoms with Crippen molar-refractivity contribution in [3.63, 3.8) is 0 Å². The van der Waals surface area contributed by atoms with Gasteiger partial charge in [-0.1, -0.05) is 0 Å². The number of carboxylic acids is 1. The third kappa shape index (κ3) is 4.73. The second-order valence-corrected chi connectivity index (χ2v) is 8.06. The van der Waals surface area contributed by atoms with Crippen LogP contribution in [0.4, 0.5) is 5.82 Å². The first-order valence-corrected chi connectivity index (χ1v) is 10.4. The van der Waals surface area contributed by atoms with E-state index in [1.54, 1.807) is 6.20 Å². The van der Waals surface area contributed by atoms with E-state index in [2.05, 4.69) is 25.3 Å². The van der Waals surface area contributed by atoms with Crippen LogP contribution in [0.1, 0.15) is 48.6 Å². The van der Waals surface area contributed by atoms with Crippen molar-refractivity contribution in [2.75, 3.05) is 38.5 Å². The highest BCUT2D eigenvalue weighted by Crippen LogP contribution is 2.26. The largest absolute Gasteiger partial charge is 0.476 e. The molecule has 0 aliphatic carbocycles. The number of aromatic carboxylic acids is 1. The lowest BCUT2D eigenvalue weighted by molar-refractivity contribution is 0.0691. The summed E-state index contributed by atoms with van der Waals surface area (Å²) in [4.78, 5) is 21.9. The average Bonchev–Trinajstić information content (AvgIpc) is 3.24. The number of anilines is 1. The molecule has 4 rings (SSSR count). The molecule has 0 unspecified atom stereocenters. The van der Waals surface area contributed by atoms with Gasteiger partial charge in [0.2, 0.25) is 0 Å². The van der Waals surface area contributed by atoms with Crippen LogP contribution in [0.2, 0.25) is 0 Å². The third-order valence-corrected chi connectivity index (χ3v) is 6.14. The number of nitrogens with two attached hydrogens (primary N) is 1. The fourth-order valence-corrected chi connectivity index (χ4v) is 4.31. The highest BCUT2D eigenvalue weighted by atomic mass is 16.4. The summed E-state index contributed by atoms with van der Waals surface area (Å²) in [6.07, 6.45) is 11.2. The maximum absolute atomic E-state index is 11.2. The van der Waals surface area contributed by atoms with Gasteiger partial charge in [-0.3, -0.25) is 4.68 Å². The van der Waals surface area contributed by atoms with Crippen LogP contribution < -0.4 is 11.1 Å². The van der Waals surface area contributed by atoms with Crippen LogP contribution in [0.15, 0.2) is 18.6 Å². The lowest BCUT2D eigenvalue weighted by Crippen LogP contribution is -2.37. The lowest BCUT2D eigenvalue weighted by Gasteiger charge is -2.33. The summed E-state index contributed by atoms with van der Waals surface area (Å²) in [7, 11) is 0. The van der Waals surface area contributed by atoms with Crippen molar-refractivity contribution in [1.29, 1.82) is 0 Å². The minimum Gasteiger partial charge on any atom is -0.476 e. The fraction of sp³-hybridized carbons (Fsp3) is 0.600. The molecule has 0 amide bonds. The van der Waals surface area contributed by atoms with Crippen LogP contribution in [0, 0.1) is 5.92 Å². The molecule has 0 atom stereocenters. The molecule has 0 saturated carbocycles. The number of nitrogens with one attached hydrogen (secondary N) is 1. The van der Waals surface area contributed by atoms with Crippen LogP contribution in [-0.4, -0.2) is 68.4 Å². The van der Waals surface area contributed by atoms with Gasteiger partial charge in [0.1, 0.15) is 0 Å². The molecule has 0 bridgehead atoms. The normalized spacial score (nSPS) is 19.4. The molecule has 156 valence electrons. The zero-order valence-electron chi connectivity index (χ0n) is 16.6. The Bertz CT molecular complexity index is 839. The molecule has 4 N–H and O–H groups in total. The summed E-state index contributed by atoms with van der Waals surface area (Å²) >= 11 is 0. The number of carboxylic acid groups (broad SMARTS) is 1. The monoisotopic (exact) mass is 399 g/mol. The number of carbonyl (C=O) groups is 1. The Morgan fingerprint density at radius 2 is 1.97 bits per heavy atom. The lowest BCUT2D eigenvalue weighted by atomic mass is 9.94. The van der Waals surface area contributed by atoms with Gasteiger partial charge in [0.15, 0.2) is 11.5 Å². The van der Waals surface area contributed by atoms with Gasteiger partial charge in [-0.2, -0.15) is 5.10 Å². The quantitative estimate of drug-likeness (QED) is 0.670. The van der Waals surface area contributed by atoms with E-state index in [4.69, 9.17) is 5.73 Å². The first-order chi connectivity index (χ1) is 14.1. The number of hydrogen-bond acceptors (Lipinski definition) is 7. The van der Waals surface area contributed by atoms with E-state index in [0.717, 1.165) is 37.4 Å². The third-order valence-electron chi connectivity index (χ3n) is 6.14. The van der Waals surface area contributed by atoms with Crippen molar-refractivity contribution in [3.05, 3.63) is 24.3 Å². The summed E-state index contributed by atoms with van der Waals surface area (Å²) in [5.41, 5.74) is 6.60. The minimum atomic E-state index is -1.18. The first-order valence-electron chi connectivity index (χ1n) is 10.4. The highest BCUT2D eigenvalue weighted by molar-refractivity contribution is 5.90. The van der Waals surface area contributed by atoms with Crippen molar-refractivity contribution in [1.82, 2.24) is 30.0 Å². The van der Waals surface area contributed by atoms with E-state index < -0.39 is 5.97 Å². The Morgan fingerprint density at radius 1 is 1.21 bits per heavy atom. The number of hydrogen-bond donors (Lipinski definition) is 3. The van der Waals surface area contributed by atoms with Gasteiger partial charge in [0.05, 0.1) is 24.1 Å². The number of nitrogens with zero attached hydrogens (tertiary/aromatic N) is 5. The number of likely N-dealkylation sites (tertiary alicyclic amines) is 1. The average molecular weight is 399 g/mol. The highest BCUT2D eigenvalue weighted by Gasteiger charge is 2.23. The van der Waals surface area contributed by atoms with Crippen molar-refractivity contribution in [3.8, 4) is 11.3 Å². The van der Waals surface area contributed by atoms with Crippen molar-refractivity contribution in [2.24, 2.45) is 5.92 Å². The van der Waals surface area contributed by atoms with Crippen LogP contribution in [0.5, 0.6) is 0 Å². The van der Waals surface area contributed by atoms with E-state index in [0.29, 0.717) is 11.7 Å². The summed E-state index contributed by atoms with van der Waals surface area (Å²) in [6, 6.07) is 0.361. The Kier molecular flexibility index (Phi) is 6.05. The van der Waals surface area contributed by atoms with Crippen LogP contribution in [0.25, 0.3) is 11.3 Å². The van der Waals surface area contributed by atoms with Crippen LogP contribution in [0.3, 0.4) is 0 Å². The van der Waals surface area contributed by atoms with E-state index in [9.17, 15) is 9.90 Å². The van der Waals surface area contributed by atoms with Gasteiger partial charge in [0, 0.05) is 24.8 Å². The Labute approximate surface area is 170 Å². The second kappa shape index (κ2) is 8.87. The maximum atomic E-state index is 11.2. The molecule has 2 saturated heterocycles. The van der Waals surface area contributed by atoms with E-state index in [1.807, 2.05) is 10.9 Å². The molecule has 2 aromatic rings. The number of rotatable bonds is 6. The van der Waals surface area contributed by atoms with Gasteiger partial charge in [0.25, 0.3) is 0 Å². The number of piperidine rings is 2. The fourth-order valence-electron chi connectivity index (χ4n) is 4.31. The topological polar surface area (TPSA) is 122 Å². The van der Waals surface area contributed by atoms with Crippen molar-refractivity contribution in [2.45, 2.75) is 38.1 Å². The summed E-state index contributed by atoms with van der Waals surface area (Å²) in [5, 5.41) is 17.1. The molecule has 2 fully saturated rings. The summed E-state index contributed by atoms with van der Waals surface area (Å²) in [5.74, 6) is -0.383. The Hall–Kier alpha value is -2.52. The number of aromatic nitrogens is 4. The maximum Gasteiger partial charge on any atom is 0.358 e. The van der Waals surface area contributed by atoms with Gasteiger partial charge < -0.3 is 21.1 Å². The zero-order chi connectivity index (χ0) is 20.2. The predicted molar refractivity (Wildman–Crippen MR) is 110 cm³/mol. The van der Waals surface area contributed by atoms with Gasteiger partial charge in [-0.25, -0.2) is 14.8 Å².